The topological polar surface area (TPSA) is 70.2 Å². The molecule has 2 fully saturated rings. The zero-order valence-electron chi connectivity index (χ0n) is 17.6. The molecule has 0 aromatic heterocycles. The maximum atomic E-state index is 12.8. The van der Waals surface area contributed by atoms with Gasteiger partial charge >= 0.3 is 17.8 Å². The van der Waals surface area contributed by atoms with Gasteiger partial charge in [-0.05, 0) is 50.8 Å². The van der Waals surface area contributed by atoms with Crippen LogP contribution in [0.4, 0.5) is 5.69 Å². The Morgan fingerprint density at radius 1 is 1.00 bits per heavy atom. The van der Waals surface area contributed by atoms with Crippen molar-refractivity contribution in [2.45, 2.75) is 33.6 Å². The van der Waals surface area contributed by atoms with E-state index in [0.717, 1.165) is 0 Å². The Balaban J connectivity index is 1.56. The largest absolute Gasteiger partial charge is 0.466 e. The SMILES string of the molecule is CCOC(=O)C1CCCN(C(=O)C(=O)N2CCN(c3cccc(C)c3C)CC2)C1. The highest BCUT2D eigenvalue weighted by Gasteiger charge is 2.34. The molecule has 1 aromatic carbocycles. The van der Waals surface area contributed by atoms with Gasteiger partial charge in [0, 0.05) is 45.0 Å². The van der Waals surface area contributed by atoms with Gasteiger partial charge in [0.1, 0.15) is 0 Å². The van der Waals surface area contributed by atoms with Gasteiger partial charge in [-0.3, -0.25) is 14.4 Å². The molecular formula is C22H31N3O4. The first kappa shape index (κ1) is 21.1. The average Bonchev–Trinajstić information content (AvgIpc) is 2.75. The minimum atomic E-state index is -0.501. The molecule has 7 nitrogen and oxygen atoms in total. The Kier molecular flexibility index (Phi) is 6.77. The van der Waals surface area contributed by atoms with Crippen LogP contribution in [0.2, 0.25) is 0 Å². The lowest BCUT2D eigenvalue weighted by Gasteiger charge is -2.38. The summed E-state index contributed by atoms with van der Waals surface area (Å²) in [6.07, 6.45) is 1.41. The van der Waals surface area contributed by atoms with E-state index in [-0.39, 0.29) is 18.4 Å². The van der Waals surface area contributed by atoms with Crippen LogP contribution in [0.3, 0.4) is 0 Å². The number of ether oxygens (including phenoxy) is 1. The molecule has 0 spiro atoms. The van der Waals surface area contributed by atoms with Gasteiger partial charge in [0.2, 0.25) is 0 Å². The fourth-order valence-corrected chi connectivity index (χ4v) is 4.11. The molecule has 1 aromatic rings. The molecule has 2 amide bonds. The fraction of sp³-hybridized carbons (Fsp3) is 0.591. The molecule has 2 heterocycles. The van der Waals surface area contributed by atoms with E-state index in [4.69, 9.17) is 4.74 Å². The van der Waals surface area contributed by atoms with Crippen molar-refractivity contribution in [1.29, 1.82) is 0 Å². The normalized spacial score (nSPS) is 19.8. The molecule has 7 heteroatoms. The lowest BCUT2D eigenvalue weighted by molar-refractivity contribution is -0.156. The Morgan fingerprint density at radius 2 is 1.69 bits per heavy atom. The Morgan fingerprint density at radius 3 is 2.38 bits per heavy atom. The van der Waals surface area contributed by atoms with Crippen molar-refractivity contribution in [3.63, 3.8) is 0 Å². The van der Waals surface area contributed by atoms with E-state index in [9.17, 15) is 14.4 Å². The number of hydrogen-bond acceptors (Lipinski definition) is 5. The summed E-state index contributed by atoms with van der Waals surface area (Å²) in [6.45, 7) is 9.54. The van der Waals surface area contributed by atoms with Crippen molar-refractivity contribution < 1.29 is 19.1 Å². The highest BCUT2D eigenvalue weighted by molar-refractivity contribution is 6.35. The molecule has 0 saturated carbocycles. The zero-order chi connectivity index (χ0) is 21.0. The van der Waals surface area contributed by atoms with E-state index in [2.05, 4.69) is 36.9 Å². The monoisotopic (exact) mass is 401 g/mol. The zero-order valence-corrected chi connectivity index (χ0v) is 17.6. The second kappa shape index (κ2) is 9.29. The van der Waals surface area contributed by atoms with Crippen LogP contribution in [0.25, 0.3) is 0 Å². The number of anilines is 1. The summed E-state index contributed by atoms with van der Waals surface area (Å²) in [6, 6.07) is 6.25. The minimum Gasteiger partial charge on any atom is -0.466 e. The number of aryl methyl sites for hydroxylation is 1. The summed E-state index contributed by atoms with van der Waals surface area (Å²) in [5.74, 6) is -1.57. The van der Waals surface area contributed by atoms with E-state index in [1.807, 2.05) is 0 Å². The number of rotatable bonds is 3. The standard InChI is InChI=1S/C22H31N3O4/c1-4-29-22(28)18-8-6-10-25(15-18)21(27)20(26)24-13-11-23(12-14-24)19-9-5-7-16(2)17(19)3/h5,7,9,18H,4,6,8,10-15H2,1-3H3. The van der Waals surface area contributed by atoms with E-state index < -0.39 is 11.8 Å². The molecule has 2 aliphatic rings. The summed E-state index contributed by atoms with van der Waals surface area (Å²) in [5, 5.41) is 0. The number of nitrogens with zero attached hydrogens (tertiary/aromatic N) is 3. The van der Waals surface area contributed by atoms with Crippen LogP contribution in [-0.2, 0) is 19.1 Å². The van der Waals surface area contributed by atoms with Gasteiger partial charge in [-0.15, -0.1) is 0 Å². The van der Waals surface area contributed by atoms with Crippen LogP contribution in [0.15, 0.2) is 18.2 Å². The smallest absolute Gasteiger partial charge is 0.312 e. The first-order chi connectivity index (χ1) is 13.9. The molecule has 1 atom stereocenters. The van der Waals surface area contributed by atoms with Gasteiger partial charge in [0.15, 0.2) is 0 Å². The third kappa shape index (κ3) is 4.71. The first-order valence-corrected chi connectivity index (χ1v) is 10.5. The molecule has 2 saturated heterocycles. The third-order valence-corrected chi connectivity index (χ3v) is 6.00. The lowest BCUT2D eigenvalue weighted by Crippen LogP contribution is -2.55. The summed E-state index contributed by atoms with van der Waals surface area (Å²) < 4.78 is 5.08. The number of hydrogen-bond donors (Lipinski definition) is 0. The van der Waals surface area contributed by atoms with Crippen molar-refractivity contribution in [3.05, 3.63) is 29.3 Å². The van der Waals surface area contributed by atoms with Crippen LogP contribution < -0.4 is 4.90 Å². The molecule has 29 heavy (non-hydrogen) atoms. The van der Waals surface area contributed by atoms with Crippen LogP contribution in [0, 0.1) is 19.8 Å². The van der Waals surface area contributed by atoms with Crippen LogP contribution in [0.5, 0.6) is 0 Å². The molecule has 158 valence electrons. The van der Waals surface area contributed by atoms with Gasteiger partial charge in [-0.1, -0.05) is 12.1 Å². The quantitative estimate of drug-likeness (QED) is 0.570. The molecule has 0 N–H and O–H groups in total. The maximum absolute atomic E-state index is 12.8. The van der Waals surface area contributed by atoms with Crippen molar-refractivity contribution in [1.82, 2.24) is 9.80 Å². The third-order valence-electron chi connectivity index (χ3n) is 6.00. The Hall–Kier alpha value is -2.57. The summed E-state index contributed by atoms with van der Waals surface area (Å²) in [7, 11) is 0. The molecule has 0 aliphatic carbocycles. The number of amides is 2. The van der Waals surface area contributed by atoms with Gasteiger partial charge in [0.25, 0.3) is 0 Å². The van der Waals surface area contributed by atoms with Crippen molar-refractivity contribution in [3.8, 4) is 0 Å². The summed E-state index contributed by atoms with van der Waals surface area (Å²) in [4.78, 5) is 42.9. The van der Waals surface area contributed by atoms with Crippen molar-refractivity contribution in [2.75, 3.05) is 50.8 Å². The molecule has 0 bridgehead atoms. The van der Waals surface area contributed by atoms with Crippen molar-refractivity contribution in [2.24, 2.45) is 5.92 Å². The second-order valence-electron chi connectivity index (χ2n) is 7.84. The lowest BCUT2D eigenvalue weighted by atomic mass is 9.98. The van der Waals surface area contributed by atoms with E-state index >= 15 is 0 Å². The van der Waals surface area contributed by atoms with E-state index in [1.54, 1.807) is 11.8 Å². The molecule has 2 aliphatic heterocycles. The number of benzene rings is 1. The van der Waals surface area contributed by atoms with Gasteiger partial charge in [-0.25, -0.2) is 0 Å². The van der Waals surface area contributed by atoms with Crippen LogP contribution >= 0.6 is 0 Å². The van der Waals surface area contributed by atoms with Gasteiger partial charge in [-0.2, -0.15) is 0 Å². The molecule has 3 rings (SSSR count). The molecular weight excluding hydrogens is 370 g/mol. The average molecular weight is 402 g/mol. The van der Waals surface area contributed by atoms with E-state index in [1.165, 1.54) is 21.7 Å². The molecule has 1 unspecified atom stereocenters. The van der Waals surface area contributed by atoms with Gasteiger partial charge < -0.3 is 19.4 Å². The predicted molar refractivity (Wildman–Crippen MR) is 111 cm³/mol. The number of carbonyl (C=O) groups is 3. The molecule has 0 radical (unpaired) electrons. The highest BCUT2D eigenvalue weighted by Crippen LogP contribution is 2.24. The highest BCUT2D eigenvalue weighted by atomic mass is 16.5. The predicted octanol–water partition coefficient (Wildman–Crippen LogP) is 1.75. The van der Waals surface area contributed by atoms with Gasteiger partial charge in [0.05, 0.1) is 12.5 Å². The number of esters is 1. The van der Waals surface area contributed by atoms with Crippen LogP contribution in [-0.4, -0.2) is 73.5 Å². The number of piperazine rings is 1. The van der Waals surface area contributed by atoms with Crippen molar-refractivity contribution >= 4 is 23.5 Å². The number of piperidine rings is 1. The summed E-state index contributed by atoms with van der Waals surface area (Å²) >= 11 is 0. The first-order valence-electron chi connectivity index (χ1n) is 10.5. The fourth-order valence-electron chi connectivity index (χ4n) is 4.11. The minimum absolute atomic E-state index is 0.270. The number of likely N-dealkylation sites (tertiary alicyclic amines) is 1. The van der Waals surface area contributed by atoms with E-state index in [0.29, 0.717) is 52.2 Å². The number of carbonyl (C=O) groups excluding carboxylic acids is 3. The second-order valence-corrected chi connectivity index (χ2v) is 7.84. The van der Waals surface area contributed by atoms with Crippen LogP contribution in [0.1, 0.15) is 30.9 Å². The summed E-state index contributed by atoms with van der Waals surface area (Å²) in [5.41, 5.74) is 3.69. The maximum Gasteiger partial charge on any atom is 0.312 e. The Labute approximate surface area is 172 Å². The Bertz CT molecular complexity index is 771.